The Morgan fingerprint density at radius 2 is 1.73 bits per heavy atom. The normalized spacial score (nSPS) is 11.1. The zero-order chi connectivity index (χ0) is 18.4. The van der Waals surface area contributed by atoms with E-state index in [1.807, 2.05) is 30.3 Å². The molecule has 26 heavy (non-hydrogen) atoms. The number of benzene rings is 2. The Labute approximate surface area is 151 Å². The maximum atomic E-state index is 11.2. The van der Waals surface area contributed by atoms with Crippen LogP contribution < -0.4 is 15.8 Å². The molecule has 1 aromatic heterocycles. The quantitative estimate of drug-likeness (QED) is 0.580. The number of hydrogen-bond donors (Lipinski definition) is 3. The van der Waals surface area contributed by atoms with Gasteiger partial charge in [-0.2, -0.15) is 10.1 Å². The van der Waals surface area contributed by atoms with Crippen LogP contribution >= 0.6 is 0 Å². The highest BCUT2D eigenvalue weighted by molar-refractivity contribution is 7.89. The third-order valence-corrected chi connectivity index (χ3v) is 4.48. The van der Waals surface area contributed by atoms with E-state index in [0.29, 0.717) is 24.7 Å². The predicted molar refractivity (Wildman–Crippen MR) is 99.6 cm³/mol. The predicted octanol–water partition coefficient (Wildman–Crippen LogP) is 1.92. The van der Waals surface area contributed by atoms with Crippen molar-refractivity contribution in [3.63, 3.8) is 0 Å². The summed E-state index contributed by atoms with van der Waals surface area (Å²) in [6.45, 7) is 0.575. The highest BCUT2D eigenvalue weighted by atomic mass is 32.2. The molecule has 0 atom stereocenters. The monoisotopic (exact) mass is 370 g/mol. The van der Waals surface area contributed by atoms with Crippen LogP contribution in [-0.4, -0.2) is 30.1 Å². The van der Waals surface area contributed by atoms with E-state index in [9.17, 15) is 8.42 Å². The smallest absolute Gasteiger partial charge is 0.244 e. The second kappa shape index (κ2) is 7.89. The van der Waals surface area contributed by atoms with Crippen molar-refractivity contribution in [2.45, 2.75) is 11.3 Å². The first kappa shape index (κ1) is 17.8. The molecule has 0 aliphatic heterocycles. The summed E-state index contributed by atoms with van der Waals surface area (Å²) >= 11 is 0. The zero-order valence-electron chi connectivity index (χ0n) is 13.8. The van der Waals surface area contributed by atoms with Gasteiger partial charge in [-0.05, 0) is 36.2 Å². The van der Waals surface area contributed by atoms with Crippen LogP contribution in [0.4, 0.5) is 17.5 Å². The highest BCUT2D eigenvalue weighted by Crippen LogP contribution is 2.13. The van der Waals surface area contributed by atoms with Crippen molar-refractivity contribution < 1.29 is 8.42 Å². The van der Waals surface area contributed by atoms with Crippen molar-refractivity contribution in [1.29, 1.82) is 0 Å². The van der Waals surface area contributed by atoms with Gasteiger partial charge in [0.05, 0.1) is 11.1 Å². The van der Waals surface area contributed by atoms with Crippen LogP contribution in [0.3, 0.4) is 0 Å². The number of nitrogens with zero attached hydrogens (tertiary/aromatic N) is 3. The molecule has 0 aliphatic rings. The summed E-state index contributed by atoms with van der Waals surface area (Å²) < 4.78 is 22.5. The van der Waals surface area contributed by atoms with Gasteiger partial charge in [0.2, 0.25) is 16.0 Å². The minimum absolute atomic E-state index is 0.0985. The number of nitrogens with one attached hydrogen (secondary N) is 2. The molecular formula is C17H18N6O2S. The molecule has 1 heterocycles. The van der Waals surface area contributed by atoms with Gasteiger partial charge in [-0.3, -0.25) is 0 Å². The first-order chi connectivity index (χ1) is 12.5. The third-order valence-electron chi connectivity index (χ3n) is 3.55. The fraction of sp³-hybridized carbons (Fsp3) is 0.118. The lowest BCUT2D eigenvalue weighted by atomic mass is 10.1. The molecule has 9 heteroatoms. The molecule has 0 radical (unpaired) electrons. The van der Waals surface area contributed by atoms with Crippen LogP contribution in [0.1, 0.15) is 5.56 Å². The maximum absolute atomic E-state index is 11.2. The van der Waals surface area contributed by atoms with Gasteiger partial charge in [-0.25, -0.2) is 13.6 Å². The summed E-state index contributed by atoms with van der Waals surface area (Å²) in [6.07, 6.45) is 2.22. The summed E-state index contributed by atoms with van der Waals surface area (Å²) in [6, 6.07) is 16.1. The molecule has 3 aromatic rings. The lowest BCUT2D eigenvalue weighted by Crippen LogP contribution is -2.12. The van der Waals surface area contributed by atoms with Gasteiger partial charge in [0.15, 0.2) is 5.82 Å². The maximum Gasteiger partial charge on any atom is 0.244 e. The van der Waals surface area contributed by atoms with Crippen molar-refractivity contribution in [2.24, 2.45) is 5.14 Å². The molecule has 0 fully saturated rings. The van der Waals surface area contributed by atoms with E-state index in [-0.39, 0.29) is 4.90 Å². The van der Waals surface area contributed by atoms with E-state index >= 15 is 0 Å². The Morgan fingerprint density at radius 3 is 2.42 bits per heavy atom. The van der Waals surface area contributed by atoms with Gasteiger partial charge in [0.25, 0.3) is 0 Å². The van der Waals surface area contributed by atoms with Gasteiger partial charge in [-0.15, -0.1) is 5.10 Å². The van der Waals surface area contributed by atoms with E-state index in [1.54, 1.807) is 18.3 Å². The van der Waals surface area contributed by atoms with Crippen molar-refractivity contribution in [2.75, 3.05) is 17.2 Å². The van der Waals surface area contributed by atoms with Crippen molar-refractivity contribution >= 4 is 27.5 Å². The molecule has 0 aliphatic carbocycles. The summed E-state index contributed by atoms with van der Waals surface area (Å²) in [4.78, 5) is 4.45. The number of aromatic nitrogens is 3. The fourth-order valence-corrected chi connectivity index (χ4v) is 2.79. The number of primary sulfonamides is 1. The molecule has 0 spiro atoms. The van der Waals surface area contributed by atoms with Gasteiger partial charge in [-0.1, -0.05) is 30.3 Å². The van der Waals surface area contributed by atoms with E-state index in [2.05, 4.69) is 25.8 Å². The van der Waals surface area contributed by atoms with Crippen LogP contribution in [0.25, 0.3) is 0 Å². The topological polar surface area (TPSA) is 123 Å². The highest BCUT2D eigenvalue weighted by Gasteiger charge is 2.07. The molecule has 8 nitrogen and oxygen atoms in total. The van der Waals surface area contributed by atoms with Gasteiger partial charge in [0.1, 0.15) is 0 Å². The van der Waals surface area contributed by atoms with Crippen LogP contribution in [0.2, 0.25) is 0 Å². The average Bonchev–Trinajstić information content (AvgIpc) is 2.63. The van der Waals surface area contributed by atoms with Crippen molar-refractivity contribution in [3.8, 4) is 0 Å². The van der Waals surface area contributed by atoms with Gasteiger partial charge in [0, 0.05) is 12.2 Å². The number of rotatable bonds is 7. The van der Waals surface area contributed by atoms with E-state index in [4.69, 9.17) is 5.14 Å². The van der Waals surface area contributed by atoms with Crippen molar-refractivity contribution in [3.05, 3.63) is 66.4 Å². The summed E-state index contributed by atoms with van der Waals surface area (Å²) in [7, 11) is -3.66. The number of anilines is 3. The Morgan fingerprint density at radius 1 is 1.00 bits per heavy atom. The number of hydrogen-bond acceptors (Lipinski definition) is 7. The lowest BCUT2D eigenvalue weighted by Gasteiger charge is -2.08. The minimum atomic E-state index is -3.66. The van der Waals surface area contributed by atoms with E-state index in [0.717, 1.165) is 11.3 Å². The molecule has 0 saturated carbocycles. The molecule has 4 N–H and O–H groups in total. The molecular weight excluding hydrogens is 352 g/mol. The molecule has 3 rings (SSSR count). The summed E-state index contributed by atoms with van der Waals surface area (Å²) in [5.74, 6) is 0.998. The first-order valence-corrected chi connectivity index (χ1v) is 9.43. The van der Waals surface area contributed by atoms with Gasteiger partial charge < -0.3 is 10.6 Å². The summed E-state index contributed by atoms with van der Waals surface area (Å²) in [5, 5.41) is 19.2. The number of para-hydroxylation sites is 1. The van der Waals surface area contributed by atoms with Crippen molar-refractivity contribution in [1.82, 2.24) is 15.2 Å². The largest absolute Gasteiger partial charge is 0.353 e. The van der Waals surface area contributed by atoms with E-state index in [1.165, 1.54) is 12.1 Å². The number of sulfonamides is 1. The molecule has 0 saturated heterocycles. The fourth-order valence-electron chi connectivity index (χ4n) is 2.27. The average molecular weight is 370 g/mol. The Balaban J connectivity index is 1.56. The molecule has 134 valence electrons. The Hall–Kier alpha value is -3.04. The molecule has 0 amide bonds. The van der Waals surface area contributed by atoms with Crippen LogP contribution in [0.15, 0.2) is 65.7 Å². The first-order valence-electron chi connectivity index (χ1n) is 7.88. The molecule has 0 unspecified atom stereocenters. The summed E-state index contributed by atoms with van der Waals surface area (Å²) in [5.41, 5.74) is 1.88. The van der Waals surface area contributed by atoms with E-state index < -0.39 is 10.0 Å². The second-order valence-electron chi connectivity index (χ2n) is 5.52. The third kappa shape index (κ3) is 4.98. The second-order valence-corrected chi connectivity index (χ2v) is 7.08. The molecule has 0 bridgehead atoms. The zero-order valence-corrected chi connectivity index (χ0v) is 14.6. The van der Waals surface area contributed by atoms with Crippen LogP contribution in [-0.2, 0) is 16.4 Å². The Kier molecular flexibility index (Phi) is 5.40. The Bertz CT molecular complexity index is 962. The lowest BCUT2D eigenvalue weighted by molar-refractivity contribution is 0.598. The van der Waals surface area contributed by atoms with Crippen LogP contribution in [0.5, 0.6) is 0 Å². The minimum Gasteiger partial charge on any atom is -0.353 e. The van der Waals surface area contributed by atoms with Crippen LogP contribution in [0, 0.1) is 0 Å². The van der Waals surface area contributed by atoms with Gasteiger partial charge >= 0.3 is 0 Å². The molecule has 2 aromatic carbocycles. The standard InChI is InChI=1S/C17H18N6O2S/c18-26(24,25)15-8-6-13(7-9-15)10-11-19-17-22-16(12-20-23-17)21-14-4-2-1-3-5-14/h1-9,12H,10-11H2,(H2,18,24,25)(H2,19,21,22,23). The number of nitrogens with two attached hydrogens (primary N) is 1. The SMILES string of the molecule is NS(=O)(=O)c1ccc(CCNc2nncc(Nc3ccccc3)n2)cc1.